The fraction of sp³-hybridized carbons (Fsp3) is 0.217. The minimum absolute atomic E-state index is 0.0401. The first kappa shape index (κ1) is 30.9. The predicted molar refractivity (Wildman–Crippen MR) is 128 cm³/mol. The van der Waals surface area contributed by atoms with Gasteiger partial charge in [0, 0.05) is 25.4 Å². The van der Waals surface area contributed by atoms with Gasteiger partial charge in [0.2, 0.25) is 13.6 Å². The second-order valence-electron chi connectivity index (χ2n) is 6.26. The van der Waals surface area contributed by atoms with E-state index in [0.717, 1.165) is 11.8 Å². The number of carbonyl (C=O) groups excluding carboxylic acids is 6. The molecular formula is C23H21ClO12S. The Balaban J connectivity index is 0.000000371. The van der Waals surface area contributed by atoms with Crippen LogP contribution in [0.15, 0.2) is 48.5 Å². The molecule has 0 fully saturated rings. The van der Waals surface area contributed by atoms with Crippen molar-refractivity contribution >= 4 is 58.0 Å². The van der Waals surface area contributed by atoms with Crippen LogP contribution in [0.1, 0.15) is 34.6 Å². The van der Waals surface area contributed by atoms with Gasteiger partial charge >= 0.3 is 34.6 Å². The lowest BCUT2D eigenvalue weighted by atomic mass is 10.2. The minimum Gasteiger partial charge on any atom is -0.426 e. The zero-order chi connectivity index (χ0) is 27.8. The molecule has 0 aliphatic carbocycles. The highest BCUT2D eigenvalue weighted by Crippen LogP contribution is 2.20. The average Bonchev–Trinajstić information content (AvgIpc) is 2.84. The van der Waals surface area contributed by atoms with Crippen LogP contribution in [-0.2, 0) is 28.5 Å². The number of hydrogen-bond acceptors (Lipinski definition) is 13. The molecule has 0 aromatic heterocycles. The Morgan fingerprint density at radius 2 is 1.08 bits per heavy atom. The molecule has 2 aromatic carbocycles. The first-order valence-electron chi connectivity index (χ1n) is 9.97. The van der Waals surface area contributed by atoms with Crippen molar-refractivity contribution < 1.29 is 57.2 Å². The first-order valence-corrected chi connectivity index (χ1v) is 11.6. The van der Waals surface area contributed by atoms with Gasteiger partial charge in [-0.2, -0.15) is 0 Å². The van der Waals surface area contributed by atoms with Crippen LogP contribution in [0, 0.1) is 0 Å². The monoisotopic (exact) mass is 556 g/mol. The fourth-order valence-corrected chi connectivity index (χ4v) is 2.44. The van der Waals surface area contributed by atoms with Crippen molar-refractivity contribution in [3.63, 3.8) is 0 Å². The molecule has 0 aliphatic heterocycles. The molecule has 0 atom stereocenters. The van der Waals surface area contributed by atoms with E-state index in [4.69, 9.17) is 25.8 Å². The van der Waals surface area contributed by atoms with Gasteiger partial charge in [0.05, 0.1) is 0 Å². The predicted octanol–water partition coefficient (Wildman–Crippen LogP) is 4.33. The summed E-state index contributed by atoms with van der Waals surface area (Å²) in [5.41, 5.74) is -0.965. The van der Waals surface area contributed by atoms with Crippen LogP contribution in [0.2, 0.25) is 0 Å². The molecule has 0 amide bonds. The molecular weight excluding hydrogens is 536 g/mol. The van der Waals surface area contributed by atoms with Gasteiger partial charge < -0.3 is 28.4 Å². The Kier molecular flexibility index (Phi) is 13.8. The summed E-state index contributed by atoms with van der Waals surface area (Å²) < 4.78 is 27.8. The third-order valence-corrected chi connectivity index (χ3v) is 4.18. The molecule has 0 saturated heterocycles. The first-order chi connectivity index (χ1) is 17.5. The minimum atomic E-state index is -1.09. The molecule has 0 saturated carbocycles. The number of ether oxygens (including phenoxy) is 6. The molecule has 0 aliphatic rings. The molecule has 0 spiro atoms. The van der Waals surface area contributed by atoms with Gasteiger partial charge in [0.25, 0.3) is 0 Å². The van der Waals surface area contributed by atoms with E-state index in [1.54, 1.807) is 30.5 Å². The van der Waals surface area contributed by atoms with E-state index >= 15 is 0 Å². The van der Waals surface area contributed by atoms with Crippen molar-refractivity contribution in [3.8, 4) is 11.5 Å². The van der Waals surface area contributed by atoms with Crippen LogP contribution in [0.5, 0.6) is 11.5 Å². The zero-order valence-corrected chi connectivity index (χ0v) is 21.3. The maximum absolute atomic E-state index is 11.7. The molecule has 2 aromatic rings. The van der Waals surface area contributed by atoms with Gasteiger partial charge in [-0.15, -0.1) is 0 Å². The molecule has 2 rings (SSSR count). The third kappa shape index (κ3) is 12.4. The van der Waals surface area contributed by atoms with E-state index in [-0.39, 0.29) is 22.6 Å². The van der Waals surface area contributed by atoms with Crippen LogP contribution < -0.4 is 9.47 Å². The zero-order valence-electron chi connectivity index (χ0n) is 19.7. The molecule has 0 bridgehead atoms. The second-order valence-corrected chi connectivity index (χ2v) is 7.31. The summed E-state index contributed by atoms with van der Waals surface area (Å²) in [5.74, 6) is -2.50. The number of benzene rings is 2. The Hall–Kier alpha value is -4.10. The van der Waals surface area contributed by atoms with Crippen molar-refractivity contribution in [2.75, 3.05) is 19.8 Å². The lowest BCUT2D eigenvalue weighted by Crippen LogP contribution is -2.13. The summed E-state index contributed by atoms with van der Waals surface area (Å²) in [7, 11) is 0. The van der Waals surface area contributed by atoms with E-state index in [1.807, 2.05) is 0 Å². The lowest BCUT2D eigenvalue weighted by molar-refractivity contribution is -0.132. The summed E-state index contributed by atoms with van der Waals surface area (Å²) in [6.45, 7) is 1.32. The number of esters is 4. The van der Waals surface area contributed by atoms with Crippen LogP contribution in [0.25, 0.3) is 0 Å². The van der Waals surface area contributed by atoms with E-state index in [2.05, 4.69) is 14.2 Å². The Morgan fingerprint density at radius 3 is 1.46 bits per heavy atom. The average molecular weight is 557 g/mol. The van der Waals surface area contributed by atoms with Crippen LogP contribution in [0.3, 0.4) is 0 Å². The van der Waals surface area contributed by atoms with Crippen LogP contribution >= 0.6 is 23.4 Å². The summed E-state index contributed by atoms with van der Waals surface area (Å²) in [6, 6.07) is 12.1. The largest absolute Gasteiger partial charge is 0.426 e. The number of thioether (sulfide) groups is 1. The second kappa shape index (κ2) is 16.5. The molecule has 0 heterocycles. The quantitative estimate of drug-likeness (QED) is 0.196. The van der Waals surface area contributed by atoms with Crippen molar-refractivity contribution in [1.82, 2.24) is 0 Å². The SMILES string of the molecule is CC(=O)Oc1ccccc1C(=O)OCOC(=O)Cl.CSC(=O)OCOC(=O)c1ccccc1OC(C)=O. The number of carbonyl (C=O) groups is 6. The van der Waals surface area contributed by atoms with E-state index in [0.29, 0.717) is 0 Å². The third-order valence-electron chi connectivity index (χ3n) is 3.62. The normalized spacial score (nSPS) is 9.51. The summed E-state index contributed by atoms with van der Waals surface area (Å²) in [4.78, 5) is 66.1. The van der Waals surface area contributed by atoms with E-state index in [9.17, 15) is 28.8 Å². The van der Waals surface area contributed by atoms with E-state index < -0.39 is 48.2 Å². The smallest absolute Gasteiger partial charge is 0.406 e. The topological polar surface area (TPSA) is 158 Å². The van der Waals surface area contributed by atoms with Crippen LogP contribution in [0.4, 0.5) is 9.59 Å². The number of hydrogen-bond donors (Lipinski definition) is 0. The van der Waals surface area contributed by atoms with Crippen molar-refractivity contribution in [2.45, 2.75) is 13.8 Å². The number of halogens is 1. The molecule has 14 heteroatoms. The highest BCUT2D eigenvalue weighted by molar-refractivity contribution is 8.12. The summed E-state index contributed by atoms with van der Waals surface area (Å²) in [5, 5.41) is -0.555. The van der Waals surface area contributed by atoms with E-state index in [1.165, 1.54) is 38.1 Å². The molecule has 0 unspecified atom stereocenters. The van der Waals surface area contributed by atoms with Crippen molar-refractivity contribution in [3.05, 3.63) is 59.7 Å². The van der Waals surface area contributed by atoms with Gasteiger partial charge in [0.15, 0.2) is 0 Å². The molecule has 37 heavy (non-hydrogen) atoms. The maximum Gasteiger partial charge on any atom is 0.406 e. The van der Waals surface area contributed by atoms with Gasteiger partial charge in [0.1, 0.15) is 22.6 Å². The van der Waals surface area contributed by atoms with Crippen molar-refractivity contribution in [1.29, 1.82) is 0 Å². The van der Waals surface area contributed by atoms with Gasteiger partial charge in [-0.1, -0.05) is 24.3 Å². The Bertz CT molecular complexity index is 1130. The standard InChI is InChI=1S/C12H12O6S.C11H9ClO6/c1-8(13)18-10-6-4-3-5-9(10)11(14)16-7-17-12(15)19-2;1-7(13)18-9-5-3-2-4-8(9)10(14)16-6-17-11(12)15/h3-6H,7H2,1-2H3;2-5H,6H2,1H3. The maximum atomic E-state index is 11.7. The molecule has 198 valence electrons. The highest BCUT2D eigenvalue weighted by atomic mass is 35.5. The summed E-state index contributed by atoms with van der Waals surface area (Å²) >= 11 is 5.75. The molecule has 0 radical (unpaired) electrons. The Morgan fingerprint density at radius 1 is 0.676 bits per heavy atom. The van der Waals surface area contributed by atoms with Crippen LogP contribution in [-0.4, -0.2) is 54.4 Å². The fourth-order valence-electron chi connectivity index (χ4n) is 2.23. The molecule has 0 N–H and O–H groups in total. The number of para-hydroxylation sites is 2. The molecule has 12 nitrogen and oxygen atoms in total. The van der Waals surface area contributed by atoms with Gasteiger partial charge in [-0.05, 0) is 42.3 Å². The van der Waals surface area contributed by atoms with Gasteiger partial charge in [-0.25, -0.2) is 19.2 Å². The Labute approximate surface area is 220 Å². The lowest BCUT2D eigenvalue weighted by Gasteiger charge is -2.08. The highest BCUT2D eigenvalue weighted by Gasteiger charge is 2.16. The van der Waals surface area contributed by atoms with Crippen molar-refractivity contribution in [2.24, 2.45) is 0 Å². The number of rotatable bonds is 8. The van der Waals surface area contributed by atoms with Gasteiger partial charge in [-0.3, -0.25) is 9.59 Å². The summed E-state index contributed by atoms with van der Waals surface area (Å²) in [6.07, 6.45) is 1.54.